The van der Waals surface area contributed by atoms with Crippen molar-refractivity contribution in [2.24, 2.45) is 0 Å². The Labute approximate surface area is 192 Å². The minimum Gasteiger partial charge on any atom is -0.371 e. The van der Waals surface area contributed by atoms with E-state index in [9.17, 15) is 9.59 Å². The summed E-state index contributed by atoms with van der Waals surface area (Å²) in [6.45, 7) is 3.80. The number of amides is 1. The molecule has 0 fully saturated rings. The molecule has 0 radical (unpaired) electrons. The van der Waals surface area contributed by atoms with E-state index < -0.39 is 11.6 Å². The number of Topliss-reactive ketones (excluding diaryl/α,β-unsaturated/α-hetero) is 1. The number of hydroxylamine groups is 2. The van der Waals surface area contributed by atoms with Crippen LogP contribution in [0.25, 0.3) is 0 Å². The Bertz CT molecular complexity index is 1120. The normalized spacial score (nSPS) is 17.3. The fourth-order valence-electron chi connectivity index (χ4n) is 3.83. The molecule has 0 aliphatic carbocycles. The molecule has 32 heavy (non-hydrogen) atoms. The summed E-state index contributed by atoms with van der Waals surface area (Å²) in [5, 5.41) is 5.18. The maximum absolute atomic E-state index is 13.6. The predicted molar refractivity (Wildman–Crippen MR) is 125 cm³/mol. The second kappa shape index (κ2) is 9.15. The zero-order valence-electron chi connectivity index (χ0n) is 18.0. The van der Waals surface area contributed by atoms with Crippen molar-refractivity contribution < 1.29 is 14.4 Å². The summed E-state index contributed by atoms with van der Waals surface area (Å²) in [6, 6.07) is 23.4. The van der Waals surface area contributed by atoms with Crippen LogP contribution in [-0.4, -0.2) is 22.3 Å². The van der Waals surface area contributed by atoms with Crippen LogP contribution in [0.2, 0.25) is 5.02 Å². The molecule has 0 saturated heterocycles. The monoisotopic (exact) mass is 448 g/mol. The van der Waals surface area contributed by atoms with Gasteiger partial charge in [0.05, 0.1) is 6.04 Å². The Balaban J connectivity index is 1.74. The lowest BCUT2D eigenvalue weighted by Gasteiger charge is -2.33. The van der Waals surface area contributed by atoms with Crippen LogP contribution in [-0.2, 0) is 16.2 Å². The SMILES string of the molecule is CC1(C)Nc2ccc(Cl)cc2C(CC(=O)c2ccccc2)N(OCc2ccccc2)C1=O. The summed E-state index contributed by atoms with van der Waals surface area (Å²) in [4.78, 5) is 32.8. The van der Waals surface area contributed by atoms with E-state index in [2.05, 4.69) is 5.32 Å². The van der Waals surface area contributed by atoms with Crippen molar-refractivity contribution >= 4 is 29.0 Å². The predicted octanol–water partition coefficient (Wildman–Crippen LogP) is 5.82. The molecule has 1 amide bonds. The minimum absolute atomic E-state index is 0.0651. The number of fused-ring (bicyclic) bond motifs is 1. The second-order valence-corrected chi connectivity index (χ2v) is 8.82. The lowest BCUT2D eigenvalue weighted by molar-refractivity contribution is -0.209. The van der Waals surface area contributed by atoms with Gasteiger partial charge in [0.1, 0.15) is 12.1 Å². The number of nitrogens with one attached hydrogen (secondary N) is 1. The third-order valence-corrected chi connectivity index (χ3v) is 5.76. The molecule has 1 atom stereocenters. The second-order valence-electron chi connectivity index (χ2n) is 8.38. The molecular formula is C26H25ClN2O3. The van der Waals surface area contributed by atoms with Crippen molar-refractivity contribution in [3.05, 3.63) is 101 Å². The first-order valence-electron chi connectivity index (χ1n) is 10.5. The van der Waals surface area contributed by atoms with Crippen LogP contribution in [0, 0.1) is 0 Å². The van der Waals surface area contributed by atoms with E-state index in [1.54, 1.807) is 38.1 Å². The molecule has 0 spiro atoms. The fraction of sp³-hybridized carbons (Fsp3) is 0.231. The van der Waals surface area contributed by atoms with E-state index in [1.165, 1.54) is 5.06 Å². The van der Waals surface area contributed by atoms with Crippen molar-refractivity contribution in [1.82, 2.24) is 5.06 Å². The van der Waals surface area contributed by atoms with Crippen LogP contribution in [0.1, 0.15) is 47.8 Å². The lowest BCUT2D eigenvalue weighted by atomic mass is 9.96. The van der Waals surface area contributed by atoms with Gasteiger partial charge >= 0.3 is 0 Å². The summed E-state index contributed by atoms with van der Waals surface area (Å²) >= 11 is 6.32. The van der Waals surface area contributed by atoms with Crippen molar-refractivity contribution in [3.63, 3.8) is 0 Å². The first-order valence-corrected chi connectivity index (χ1v) is 10.9. The summed E-state index contributed by atoms with van der Waals surface area (Å²) in [7, 11) is 0. The largest absolute Gasteiger partial charge is 0.371 e. The van der Waals surface area contributed by atoms with Crippen molar-refractivity contribution in [1.29, 1.82) is 0 Å². The third-order valence-electron chi connectivity index (χ3n) is 5.53. The summed E-state index contributed by atoms with van der Waals surface area (Å²) in [5.41, 5.74) is 2.07. The molecular weight excluding hydrogens is 424 g/mol. The van der Waals surface area contributed by atoms with Crippen LogP contribution < -0.4 is 5.32 Å². The van der Waals surface area contributed by atoms with Gasteiger partial charge in [-0.1, -0.05) is 72.3 Å². The number of hydrogen-bond acceptors (Lipinski definition) is 4. The van der Waals surface area contributed by atoms with Gasteiger partial charge in [-0.05, 0) is 37.6 Å². The molecule has 6 heteroatoms. The smallest absolute Gasteiger partial charge is 0.271 e. The zero-order valence-corrected chi connectivity index (χ0v) is 18.8. The Kier molecular flexibility index (Phi) is 6.31. The van der Waals surface area contributed by atoms with Crippen LogP contribution in [0.3, 0.4) is 0 Å². The van der Waals surface area contributed by atoms with Crippen LogP contribution in [0.15, 0.2) is 78.9 Å². The highest BCUT2D eigenvalue weighted by molar-refractivity contribution is 6.30. The number of halogens is 1. The molecule has 0 bridgehead atoms. The first-order chi connectivity index (χ1) is 15.3. The molecule has 1 unspecified atom stereocenters. The molecule has 1 heterocycles. The van der Waals surface area contributed by atoms with E-state index in [0.29, 0.717) is 10.6 Å². The Morgan fingerprint density at radius 1 is 1.03 bits per heavy atom. The number of nitrogens with zero attached hydrogens (tertiary/aromatic N) is 1. The van der Waals surface area contributed by atoms with Gasteiger partial charge in [-0.3, -0.25) is 14.4 Å². The number of benzene rings is 3. The van der Waals surface area contributed by atoms with Crippen LogP contribution >= 0.6 is 11.6 Å². The molecule has 0 aromatic heterocycles. The van der Waals surface area contributed by atoms with Gasteiger partial charge in [0.25, 0.3) is 5.91 Å². The highest BCUT2D eigenvalue weighted by atomic mass is 35.5. The zero-order chi connectivity index (χ0) is 22.7. The number of ketones is 1. The molecule has 5 nitrogen and oxygen atoms in total. The Hall–Kier alpha value is -3.15. The van der Waals surface area contributed by atoms with Crippen molar-refractivity contribution in [2.75, 3.05) is 5.32 Å². The quantitative estimate of drug-likeness (QED) is 0.483. The molecule has 3 aromatic carbocycles. The van der Waals surface area contributed by atoms with Gasteiger partial charge in [-0.25, -0.2) is 5.06 Å². The lowest BCUT2D eigenvalue weighted by Crippen LogP contribution is -2.49. The van der Waals surface area contributed by atoms with Gasteiger partial charge < -0.3 is 5.32 Å². The molecule has 4 rings (SSSR count). The summed E-state index contributed by atoms with van der Waals surface area (Å²) < 4.78 is 0. The van der Waals surface area contributed by atoms with Crippen LogP contribution in [0.5, 0.6) is 0 Å². The number of anilines is 1. The van der Waals surface area contributed by atoms with E-state index in [4.69, 9.17) is 16.4 Å². The third kappa shape index (κ3) is 4.69. The van der Waals surface area contributed by atoms with Crippen molar-refractivity contribution in [3.8, 4) is 0 Å². The standard InChI is InChI=1S/C26H25ClN2O3/c1-26(2)25(31)29(32-17-18-9-5-3-6-10-18)23(16-24(30)19-11-7-4-8-12-19)21-15-20(27)13-14-22(21)28-26/h3-15,23,28H,16-17H2,1-2H3. The number of carbonyl (C=O) groups excluding carboxylic acids is 2. The molecule has 1 aliphatic rings. The summed E-state index contributed by atoms with van der Waals surface area (Å²) in [6.07, 6.45) is 0.0651. The van der Waals surface area contributed by atoms with Gasteiger partial charge in [0.15, 0.2) is 5.78 Å². The van der Waals surface area contributed by atoms with E-state index in [0.717, 1.165) is 16.8 Å². The van der Waals surface area contributed by atoms with E-state index in [-0.39, 0.29) is 24.7 Å². The van der Waals surface area contributed by atoms with Crippen molar-refractivity contribution in [2.45, 2.75) is 38.5 Å². The number of carbonyl (C=O) groups is 2. The van der Waals surface area contributed by atoms with Gasteiger partial charge in [-0.15, -0.1) is 0 Å². The van der Waals surface area contributed by atoms with Gasteiger partial charge in [-0.2, -0.15) is 0 Å². The van der Waals surface area contributed by atoms with E-state index >= 15 is 0 Å². The number of rotatable bonds is 6. The average molecular weight is 449 g/mol. The molecule has 1 aliphatic heterocycles. The van der Waals surface area contributed by atoms with E-state index in [1.807, 2.05) is 54.6 Å². The van der Waals surface area contributed by atoms with Gasteiger partial charge in [0.2, 0.25) is 0 Å². The highest BCUT2D eigenvalue weighted by Crippen LogP contribution is 2.39. The molecule has 1 N–H and O–H groups in total. The topological polar surface area (TPSA) is 58.6 Å². The minimum atomic E-state index is -0.941. The summed E-state index contributed by atoms with van der Waals surface area (Å²) in [5.74, 6) is -0.339. The average Bonchev–Trinajstić information content (AvgIpc) is 2.87. The Morgan fingerprint density at radius 2 is 1.69 bits per heavy atom. The fourth-order valence-corrected chi connectivity index (χ4v) is 4.01. The Morgan fingerprint density at radius 3 is 2.38 bits per heavy atom. The highest BCUT2D eigenvalue weighted by Gasteiger charge is 2.42. The number of hydrogen-bond donors (Lipinski definition) is 1. The maximum atomic E-state index is 13.6. The van der Waals surface area contributed by atoms with Crippen LogP contribution in [0.4, 0.5) is 5.69 Å². The van der Waals surface area contributed by atoms with Gasteiger partial charge in [0, 0.05) is 28.3 Å². The molecule has 164 valence electrons. The first kappa shape index (κ1) is 22.1. The molecule has 3 aromatic rings. The molecule has 0 saturated carbocycles. The maximum Gasteiger partial charge on any atom is 0.271 e.